The van der Waals surface area contributed by atoms with Gasteiger partial charge in [-0.3, -0.25) is 0 Å². The van der Waals surface area contributed by atoms with Crippen molar-refractivity contribution in [1.82, 2.24) is 9.88 Å². The third-order valence-corrected chi connectivity index (χ3v) is 3.27. The van der Waals surface area contributed by atoms with Gasteiger partial charge in [0.1, 0.15) is 17.2 Å². The standard InChI is InChI=1S/C9H14N2O6S/c1-6-3-7(11-17-6)5-18(14,15)10-4-8(12)9(13)16-2/h3,8,10,12H,4-5H2,1-2H3. The maximum Gasteiger partial charge on any atom is 0.336 e. The minimum absolute atomic E-state index is 0.243. The lowest BCUT2D eigenvalue weighted by molar-refractivity contribution is -0.149. The first-order valence-electron chi connectivity index (χ1n) is 4.99. The average molecular weight is 278 g/mol. The fourth-order valence-electron chi connectivity index (χ4n) is 1.16. The molecule has 1 aromatic rings. The number of ether oxygens (including phenoxy) is 1. The van der Waals surface area contributed by atoms with Gasteiger partial charge in [0.2, 0.25) is 10.0 Å². The summed E-state index contributed by atoms with van der Waals surface area (Å²) in [5.74, 6) is -0.803. The number of aliphatic hydroxyl groups excluding tert-OH is 1. The highest BCUT2D eigenvalue weighted by atomic mass is 32.2. The van der Waals surface area contributed by atoms with Crippen molar-refractivity contribution in [1.29, 1.82) is 0 Å². The number of hydrogen-bond donors (Lipinski definition) is 2. The molecule has 102 valence electrons. The minimum atomic E-state index is -3.70. The Labute approximate surface area is 104 Å². The second-order valence-corrected chi connectivity index (χ2v) is 5.38. The van der Waals surface area contributed by atoms with Gasteiger partial charge in [0, 0.05) is 12.6 Å². The molecule has 0 aliphatic rings. The van der Waals surface area contributed by atoms with E-state index in [4.69, 9.17) is 4.52 Å². The number of aliphatic hydroxyl groups is 1. The number of methoxy groups -OCH3 is 1. The molecule has 1 unspecified atom stereocenters. The van der Waals surface area contributed by atoms with Gasteiger partial charge in [-0.05, 0) is 6.92 Å². The third kappa shape index (κ3) is 4.43. The largest absolute Gasteiger partial charge is 0.467 e. The minimum Gasteiger partial charge on any atom is -0.467 e. The number of carbonyl (C=O) groups is 1. The van der Waals surface area contributed by atoms with E-state index in [2.05, 4.69) is 14.6 Å². The Morgan fingerprint density at radius 1 is 1.67 bits per heavy atom. The van der Waals surface area contributed by atoms with Crippen molar-refractivity contribution in [3.8, 4) is 0 Å². The topological polar surface area (TPSA) is 119 Å². The van der Waals surface area contributed by atoms with Crippen LogP contribution in [0.15, 0.2) is 10.6 Å². The number of rotatable bonds is 6. The van der Waals surface area contributed by atoms with E-state index >= 15 is 0 Å². The number of carbonyl (C=O) groups excluding carboxylic acids is 1. The van der Waals surface area contributed by atoms with Gasteiger partial charge in [-0.2, -0.15) is 0 Å². The fraction of sp³-hybridized carbons (Fsp3) is 0.556. The fourth-order valence-corrected chi connectivity index (χ4v) is 2.20. The molecule has 1 aromatic heterocycles. The first-order chi connectivity index (χ1) is 8.34. The molecule has 0 radical (unpaired) electrons. The van der Waals surface area contributed by atoms with Gasteiger partial charge in [-0.25, -0.2) is 17.9 Å². The molecule has 0 aromatic carbocycles. The Kier molecular flexibility index (Phi) is 4.82. The molecule has 0 amide bonds. The van der Waals surface area contributed by atoms with E-state index < -0.39 is 34.4 Å². The first-order valence-corrected chi connectivity index (χ1v) is 6.64. The quantitative estimate of drug-likeness (QED) is 0.636. The number of aryl methyl sites for hydroxylation is 1. The summed E-state index contributed by atoms with van der Waals surface area (Å²) in [4.78, 5) is 10.9. The molecule has 0 fully saturated rings. The van der Waals surface area contributed by atoms with Crippen LogP contribution < -0.4 is 4.72 Å². The zero-order chi connectivity index (χ0) is 13.8. The summed E-state index contributed by atoms with van der Waals surface area (Å²) in [7, 11) is -2.60. The highest BCUT2D eigenvalue weighted by Gasteiger charge is 2.20. The van der Waals surface area contributed by atoms with Crippen LogP contribution in [0.4, 0.5) is 0 Å². The Morgan fingerprint density at radius 2 is 2.33 bits per heavy atom. The third-order valence-electron chi connectivity index (χ3n) is 1.98. The molecular formula is C9H14N2O6S. The molecule has 1 rings (SSSR count). The molecule has 0 aliphatic heterocycles. The molecule has 1 atom stereocenters. The van der Waals surface area contributed by atoms with E-state index in [-0.39, 0.29) is 5.69 Å². The molecule has 9 heteroatoms. The van der Waals surface area contributed by atoms with Crippen LogP contribution in [0.5, 0.6) is 0 Å². The predicted molar refractivity (Wildman–Crippen MR) is 59.9 cm³/mol. The van der Waals surface area contributed by atoms with Gasteiger partial charge in [0.25, 0.3) is 0 Å². The van der Waals surface area contributed by atoms with Crippen molar-refractivity contribution in [2.24, 2.45) is 0 Å². The van der Waals surface area contributed by atoms with Gasteiger partial charge in [-0.1, -0.05) is 5.16 Å². The summed E-state index contributed by atoms with van der Waals surface area (Å²) >= 11 is 0. The van der Waals surface area contributed by atoms with Crippen LogP contribution in [0.2, 0.25) is 0 Å². The number of aromatic nitrogens is 1. The van der Waals surface area contributed by atoms with Crippen molar-refractivity contribution in [2.75, 3.05) is 13.7 Å². The monoisotopic (exact) mass is 278 g/mol. The van der Waals surface area contributed by atoms with Gasteiger partial charge < -0.3 is 14.4 Å². The van der Waals surface area contributed by atoms with E-state index in [1.165, 1.54) is 6.07 Å². The molecular weight excluding hydrogens is 264 g/mol. The molecule has 8 nitrogen and oxygen atoms in total. The lowest BCUT2D eigenvalue weighted by Gasteiger charge is -2.09. The second kappa shape index (κ2) is 5.94. The summed E-state index contributed by atoms with van der Waals surface area (Å²) < 4.78 is 34.2. The highest BCUT2D eigenvalue weighted by Crippen LogP contribution is 2.05. The lowest BCUT2D eigenvalue weighted by Crippen LogP contribution is -2.37. The normalized spacial score (nSPS) is 13.3. The van der Waals surface area contributed by atoms with Crippen molar-refractivity contribution >= 4 is 16.0 Å². The molecule has 0 bridgehead atoms. The Bertz CT molecular complexity index is 509. The van der Waals surface area contributed by atoms with Crippen LogP contribution in [0.25, 0.3) is 0 Å². The number of hydrogen-bond acceptors (Lipinski definition) is 7. The van der Waals surface area contributed by atoms with Crippen LogP contribution in [-0.2, 0) is 25.3 Å². The summed E-state index contributed by atoms with van der Waals surface area (Å²) in [6.07, 6.45) is -1.54. The summed E-state index contributed by atoms with van der Waals surface area (Å²) in [5.41, 5.74) is 0.243. The Balaban J connectivity index is 2.53. The second-order valence-electron chi connectivity index (χ2n) is 3.58. The number of nitrogens with one attached hydrogen (secondary N) is 1. The van der Waals surface area contributed by atoms with E-state index in [1.54, 1.807) is 6.92 Å². The smallest absolute Gasteiger partial charge is 0.336 e. The van der Waals surface area contributed by atoms with Gasteiger partial charge in [0.05, 0.1) is 7.11 Å². The zero-order valence-electron chi connectivity index (χ0n) is 9.91. The van der Waals surface area contributed by atoms with E-state index in [1.807, 2.05) is 0 Å². The summed E-state index contributed by atoms with van der Waals surface area (Å²) in [6, 6.07) is 1.48. The van der Waals surface area contributed by atoms with Gasteiger partial charge >= 0.3 is 5.97 Å². The molecule has 18 heavy (non-hydrogen) atoms. The van der Waals surface area contributed by atoms with Crippen LogP contribution in [0.3, 0.4) is 0 Å². The van der Waals surface area contributed by atoms with E-state index in [0.29, 0.717) is 5.76 Å². The summed E-state index contributed by atoms with van der Waals surface area (Å²) in [6.45, 7) is 1.18. The molecule has 0 saturated carbocycles. The maximum absolute atomic E-state index is 11.6. The number of esters is 1. The molecule has 2 N–H and O–H groups in total. The van der Waals surface area contributed by atoms with Crippen molar-refractivity contribution < 1.29 is 27.6 Å². The van der Waals surface area contributed by atoms with Crippen molar-refractivity contribution in [2.45, 2.75) is 18.8 Å². The average Bonchev–Trinajstić information content (AvgIpc) is 2.69. The van der Waals surface area contributed by atoms with Crippen molar-refractivity contribution in [3.05, 3.63) is 17.5 Å². The Hall–Kier alpha value is -1.45. The highest BCUT2D eigenvalue weighted by molar-refractivity contribution is 7.88. The predicted octanol–water partition coefficient (Wildman–Crippen LogP) is -1.06. The van der Waals surface area contributed by atoms with Gasteiger partial charge in [-0.15, -0.1) is 0 Å². The molecule has 0 saturated heterocycles. The molecule has 0 aliphatic carbocycles. The number of sulfonamides is 1. The van der Waals surface area contributed by atoms with Crippen LogP contribution >= 0.6 is 0 Å². The summed E-state index contributed by atoms with van der Waals surface area (Å²) in [5, 5.41) is 12.7. The van der Waals surface area contributed by atoms with Gasteiger partial charge in [0.15, 0.2) is 6.10 Å². The van der Waals surface area contributed by atoms with E-state index in [9.17, 15) is 18.3 Å². The molecule has 1 heterocycles. The van der Waals surface area contributed by atoms with Crippen molar-refractivity contribution in [3.63, 3.8) is 0 Å². The van der Waals surface area contributed by atoms with Crippen LogP contribution in [-0.4, -0.2) is 44.4 Å². The lowest BCUT2D eigenvalue weighted by atomic mass is 10.4. The van der Waals surface area contributed by atoms with E-state index in [0.717, 1.165) is 7.11 Å². The SMILES string of the molecule is COC(=O)C(O)CNS(=O)(=O)Cc1cc(C)on1. The first kappa shape index (κ1) is 14.6. The maximum atomic E-state index is 11.6. The van der Waals surface area contributed by atoms with Crippen LogP contribution in [0.1, 0.15) is 11.5 Å². The Morgan fingerprint density at radius 3 is 2.83 bits per heavy atom. The number of nitrogens with zero attached hydrogens (tertiary/aromatic N) is 1. The van der Waals surface area contributed by atoms with Crippen LogP contribution in [0, 0.1) is 6.92 Å². The molecule has 0 spiro atoms. The zero-order valence-corrected chi connectivity index (χ0v) is 10.7.